The van der Waals surface area contributed by atoms with Crippen molar-refractivity contribution in [2.24, 2.45) is 0 Å². The molecule has 2 atom stereocenters. The Morgan fingerprint density at radius 3 is 1.64 bits per heavy atom. The second kappa shape index (κ2) is 12.9. The van der Waals surface area contributed by atoms with Gasteiger partial charge in [0.25, 0.3) is 0 Å². The predicted molar refractivity (Wildman–Crippen MR) is 230 cm³/mol. The lowest BCUT2D eigenvalue weighted by atomic mass is 9.47. The second-order valence-corrected chi connectivity index (χ2v) is 13.8. The number of nitrogens with zero attached hydrogens (tertiary/aromatic N) is 5. The molecule has 55 heavy (non-hydrogen) atoms. The van der Waals surface area contributed by atoms with Crippen LogP contribution in [0.4, 0.5) is 0 Å². The standard InChI is InChI=1S/C45H26B5N5/c46-36-35(37(47)39(49)40(50)38(36)48)29-19-7-8-20-32(29)44-51-43(25-13-3-1-4-14-25)52-45(53-44)55-34-22-12-10-18-28(34)31-24-23-30-27-17-9-11-21-33(27)54(41(30)42(31)55)26-15-5-2-6-16-26/h1-24,36,38H. The normalized spacial score (nSPS) is 16.2. The van der Waals surface area contributed by atoms with Crippen molar-refractivity contribution in [2.75, 3.05) is 0 Å². The van der Waals surface area contributed by atoms with Gasteiger partial charge in [0.1, 0.15) is 23.5 Å². The van der Waals surface area contributed by atoms with Gasteiger partial charge in [-0.25, -0.2) is 4.98 Å². The van der Waals surface area contributed by atoms with Gasteiger partial charge in [-0.15, -0.1) is 16.4 Å². The van der Waals surface area contributed by atoms with Crippen molar-refractivity contribution in [3.05, 3.63) is 168 Å². The number of para-hydroxylation sites is 3. The number of hydrogen-bond donors (Lipinski definition) is 0. The lowest BCUT2D eigenvalue weighted by Gasteiger charge is -2.35. The molecule has 3 aromatic heterocycles. The maximum absolute atomic E-state index is 6.75. The van der Waals surface area contributed by atoms with Gasteiger partial charge in [0, 0.05) is 38.4 Å². The summed E-state index contributed by atoms with van der Waals surface area (Å²) in [5, 5.41) is 4.42. The van der Waals surface area contributed by atoms with E-state index in [9.17, 15) is 0 Å². The van der Waals surface area contributed by atoms with Crippen LogP contribution in [0, 0.1) is 0 Å². The third-order valence-corrected chi connectivity index (χ3v) is 10.8. The second-order valence-electron chi connectivity index (χ2n) is 13.8. The Labute approximate surface area is 324 Å². The molecule has 0 N–H and O–H groups in total. The topological polar surface area (TPSA) is 48.5 Å². The lowest BCUT2D eigenvalue weighted by molar-refractivity contribution is 0.952. The summed E-state index contributed by atoms with van der Waals surface area (Å²) in [6, 6.07) is 49.4. The first kappa shape index (κ1) is 33.3. The van der Waals surface area contributed by atoms with E-state index >= 15 is 0 Å². The predicted octanol–water partition coefficient (Wildman–Crippen LogP) is 8.76. The summed E-state index contributed by atoms with van der Waals surface area (Å²) in [5.41, 5.74) is 8.75. The number of rotatable bonds is 5. The highest BCUT2D eigenvalue weighted by molar-refractivity contribution is 6.48. The van der Waals surface area contributed by atoms with Crippen LogP contribution in [0.25, 0.3) is 83.6 Å². The van der Waals surface area contributed by atoms with Crippen LogP contribution in [0.3, 0.4) is 0 Å². The molecule has 0 saturated heterocycles. The Kier molecular flexibility index (Phi) is 7.84. The molecule has 10 heteroatoms. The largest absolute Gasteiger partial charge is 0.307 e. The fourth-order valence-corrected chi connectivity index (χ4v) is 8.13. The molecule has 5 nitrogen and oxygen atoms in total. The molecule has 9 aromatic rings. The van der Waals surface area contributed by atoms with Crippen LogP contribution in [0.5, 0.6) is 0 Å². The van der Waals surface area contributed by atoms with Gasteiger partial charge in [-0.2, -0.15) is 9.97 Å². The van der Waals surface area contributed by atoms with E-state index in [0.29, 0.717) is 34.3 Å². The van der Waals surface area contributed by atoms with Gasteiger partial charge in [0.05, 0.1) is 37.8 Å². The molecule has 1 aliphatic carbocycles. The van der Waals surface area contributed by atoms with Gasteiger partial charge in [0.2, 0.25) is 5.95 Å². The molecule has 10 rings (SSSR count). The van der Waals surface area contributed by atoms with Crippen molar-refractivity contribution in [1.82, 2.24) is 24.1 Å². The Hall–Kier alpha value is -6.27. The van der Waals surface area contributed by atoms with Crippen molar-refractivity contribution >= 4 is 88.4 Å². The highest BCUT2D eigenvalue weighted by atomic mass is 15.2. The maximum Gasteiger partial charge on any atom is 0.238 e. The van der Waals surface area contributed by atoms with Crippen molar-refractivity contribution < 1.29 is 0 Å². The van der Waals surface area contributed by atoms with Crippen LogP contribution in [0.15, 0.2) is 162 Å². The Bertz CT molecular complexity index is 3060. The minimum Gasteiger partial charge on any atom is -0.307 e. The number of allylic oxidation sites excluding steroid dienone is 4. The zero-order valence-electron chi connectivity index (χ0n) is 29.6. The van der Waals surface area contributed by atoms with Crippen molar-refractivity contribution in [2.45, 2.75) is 11.6 Å². The molecular weight excluding hydrogens is 665 g/mol. The average molecular weight is 691 g/mol. The highest BCUT2D eigenvalue weighted by Gasteiger charge is 2.29. The molecule has 1 aliphatic rings. The van der Waals surface area contributed by atoms with E-state index in [-0.39, 0.29) is 16.4 Å². The monoisotopic (exact) mass is 691 g/mol. The molecule has 2 unspecified atom stereocenters. The van der Waals surface area contributed by atoms with E-state index in [0.717, 1.165) is 54.9 Å². The van der Waals surface area contributed by atoms with Gasteiger partial charge in [-0.1, -0.05) is 139 Å². The number of aromatic nitrogens is 5. The molecule has 0 saturated carbocycles. The lowest BCUT2D eigenvalue weighted by Crippen LogP contribution is -2.19. The minimum absolute atomic E-state index is 0.225. The van der Waals surface area contributed by atoms with Crippen LogP contribution in [0.1, 0.15) is 5.56 Å². The fourth-order valence-electron chi connectivity index (χ4n) is 8.13. The summed E-state index contributed by atoms with van der Waals surface area (Å²) in [6.07, 6.45) is 0. The van der Waals surface area contributed by atoms with E-state index in [1.165, 1.54) is 0 Å². The molecule has 0 bridgehead atoms. The van der Waals surface area contributed by atoms with E-state index in [4.69, 9.17) is 54.2 Å². The summed E-state index contributed by atoms with van der Waals surface area (Å²) < 4.78 is 4.51. The van der Waals surface area contributed by atoms with Gasteiger partial charge in [-0.3, -0.25) is 4.57 Å². The number of hydrogen-bond acceptors (Lipinski definition) is 3. The van der Waals surface area contributed by atoms with Crippen LogP contribution >= 0.6 is 0 Å². The molecule has 0 spiro atoms. The molecule has 10 radical (unpaired) electrons. The quantitative estimate of drug-likeness (QED) is 0.170. The summed E-state index contributed by atoms with van der Waals surface area (Å²) in [7, 11) is 32.6. The van der Waals surface area contributed by atoms with E-state index in [1.54, 1.807) is 0 Å². The Morgan fingerprint density at radius 2 is 0.964 bits per heavy atom. The van der Waals surface area contributed by atoms with Crippen molar-refractivity contribution in [3.63, 3.8) is 0 Å². The smallest absolute Gasteiger partial charge is 0.238 e. The molecule has 0 amide bonds. The van der Waals surface area contributed by atoms with Crippen LogP contribution in [0.2, 0.25) is 11.6 Å². The van der Waals surface area contributed by atoms with Gasteiger partial charge >= 0.3 is 0 Å². The van der Waals surface area contributed by atoms with Crippen molar-refractivity contribution in [1.29, 1.82) is 0 Å². The van der Waals surface area contributed by atoms with Gasteiger partial charge in [0.15, 0.2) is 11.6 Å². The molecule has 6 aromatic carbocycles. The first-order valence-corrected chi connectivity index (χ1v) is 18.1. The molecule has 246 valence electrons. The third kappa shape index (κ3) is 5.11. The minimum atomic E-state index is -0.722. The number of benzene rings is 6. The van der Waals surface area contributed by atoms with Crippen LogP contribution in [-0.2, 0) is 0 Å². The summed E-state index contributed by atoms with van der Waals surface area (Å²) >= 11 is 0. The molecule has 0 fully saturated rings. The maximum atomic E-state index is 6.75. The number of fused-ring (bicyclic) bond motifs is 7. The van der Waals surface area contributed by atoms with Gasteiger partial charge in [-0.05, 0) is 29.8 Å². The van der Waals surface area contributed by atoms with E-state index < -0.39 is 11.6 Å². The SMILES string of the molecule is [B]C1=C([B])C([B])C([B])C(c2ccccc2-c2nc(-c3ccccc3)nc(-n3c4ccccc4c4ccc5c6ccccc6n(-c6ccccc6)c5c43)n2)=C1[B]. The van der Waals surface area contributed by atoms with Crippen LogP contribution in [-0.4, -0.2) is 63.3 Å². The highest BCUT2D eigenvalue weighted by Crippen LogP contribution is 2.47. The molecule has 3 heterocycles. The Balaban J connectivity index is 1.34. The van der Waals surface area contributed by atoms with Gasteiger partial charge < -0.3 is 4.57 Å². The summed E-state index contributed by atoms with van der Waals surface area (Å²) in [4.78, 5) is 15.7. The summed E-state index contributed by atoms with van der Waals surface area (Å²) in [6.45, 7) is 0. The van der Waals surface area contributed by atoms with E-state index in [1.807, 2.05) is 66.7 Å². The average Bonchev–Trinajstić information content (AvgIpc) is 3.76. The van der Waals surface area contributed by atoms with Crippen LogP contribution < -0.4 is 0 Å². The molecule has 0 aliphatic heterocycles. The first-order chi connectivity index (χ1) is 26.9. The Morgan fingerprint density at radius 1 is 0.436 bits per heavy atom. The summed E-state index contributed by atoms with van der Waals surface area (Å²) in [5.74, 6) is -0.0393. The van der Waals surface area contributed by atoms with Crippen molar-refractivity contribution in [3.8, 4) is 34.4 Å². The third-order valence-electron chi connectivity index (χ3n) is 10.8. The fraction of sp³-hybridized carbons (Fsp3) is 0.0444. The zero-order valence-corrected chi connectivity index (χ0v) is 29.6. The first-order valence-electron chi connectivity index (χ1n) is 18.1. The molecular formula is C45H26B5N5. The zero-order chi connectivity index (χ0) is 37.4. The van der Waals surface area contributed by atoms with E-state index in [2.05, 4.69) is 88.0 Å².